The normalized spacial score (nSPS) is 12.8. The van der Waals surface area contributed by atoms with Crippen molar-refractivity contribution in [2.75, 3.05) is 47.9 Å². The first-order chi connectivity index (χ1) is 12.6. The van der Waals surface area contributed by atoms with Gasteiger partial charge in [0.15, 0.2) is 17.5 Å². The number of hydrogen-bond donors (Lipinski definition) is 2. The lowest BCUT2D eigenvalue weighted by atomic mass is 10.1. The van der Waals surface area contributed by atoms with Crippen LogP contribution in [0.5, 0.6) is 11.5 Å². The van der Waals surface area contributed by atoms with Crippen molar-refractivity contribution < 1.29 is 9.47 Å². The second kappa shape index (κ2) is 12.4. The summed E-state index contributed by atoms with van der Waals surface area (Å²) in [5.74, 6) is 2.35. The Morgan fingerprint density at radius 1 is 1.08 bits per heavy atom. The van der Waals surface area contributed by atoms with Crippen LogP contribution < -0.4 is 20.1 Å². The van der Waals surface area contributed by atoms with E-state index in [9.17, 15) is 0 Å². The molecule has 26 heavy (non-hydrogen) atoms. The fourth-order valence-corrected chi connectivity index (χ4v) is 2.73. The molecule has 1 aromatic rings. The van der Waals surface area contributed by atoms with E-state index in [2.05, 4.69) is 49.5 Å². The number of nitrogens with zero attached hydrogens (tertiary/aromatic N) is 2. The third-order valence-corrected chi connectivity index (χ3v) is 4.26. The molecule has 0 saturated carbocycles. The lowest BCUT2D eigenvalue weighted by Gasteiger charge is -2.24. The number of aliphatic imine (C=N–C) groups is 1. The van der Waals surface area contributed by atoms with Gasteiger partial charge in [-0.1, -0.05) is 25.8 Å². The van der Waals surface area contributed by atoms with E-state index in [1.54, 1.807) is 14.2 Å². The Labute approximate surface area is 159 Å². The topological polar surface area (TPSA) is 58.1 Å². The molecule has 0 heterocycles. The molecule has 148 valence electrons. The summed E-state index contributed by atoms with van der Waals surface area (Å²) in [5.41, 5.74) is 1.15. The smallest absolute Gasteiger partial charge is 0.191 e. The lowest BCUT2D eigenvalue weighted by Crippen LogP contribution is -2.38. The zero-order valence-corrected chi connectivity index (χ0v) is 17.3. The van der Waals surface area contributed by atoms with Crippen molar-refractivity contribution in [3.05, 3.63) is 23.8 Å². The molecular weight excluding hydrogens is 328 g/mol. The van der Waals surface area contributed by atoms with Gasteiger partial charge in [-0.05, 0) is 45.1 Å². The standard InChI is InChI=1S/C20H36N4O2/c1-7-9-10-13-22-20(21-8-2)23-15-17(24(3)4)16-11-12-18(25-5)19(14-16)26-6/h11-12,14,17H,7-10,13,15H2,1-6H3,(H2,21,22,23). The highest BCUT2D eigenvalue weighted by molar-refractivity contribution is 5.79. The maximum atomic E-state index is 5.44. The van der Waals surface area contributed by atoms with Crippen LogP contribution in [0.4, 0.5) is 0 Å². The van der Waals surface area contributed by atoms with Gasteiger partial charge in [-0.25, -0.2) is 0 Å². The number of rotatable bonds is 11. The maximum absolute atomic E-state index is 5.44. The first kappa shape index (κ1) is 22.1. The van der Waals surface area contributed by atoms with Crippen molar-refractivity contribution in [3.8, 4) is 11.5 Å². The molecular formula is C20H36N4O2. The van der Waals surface area contributed by atoms with Gasteiger partial charge in [0.05, 0.1) is 26.8 Å². The number of unbranched alkanes of at least 4 members (excludes halogenated alkanes) is 2. The summed E-state index contributed by atoms with van der Waals surface area (Å²) < 4.78 is 10.8. The van der Waals surface area contributed by atoms with Crippen LogP contribution in [0.3, 0.4) is 0 Å². The van der Waals surface area contributed by atoms with Crippen LogP contribution in [-0.2, 0) is 0 Å². The lowest BCUT2D eigenvalue weighted by molar-refractivity contribution is 0.303. The molecule has 2 N–H and O–H groups in total. The van der Waals surface area contributed by atoms with E-state index in [0.29, 0.717) is 6.54 Å². The van der Waals surface area contributed by atoms with Crippen LogP contribution >= 0.6 is 0 Å². The maximum Gasteiger partial charge on any atom is 0.191 e. The van der Waals surface area contributed by atoms with E-state index in [0.717, 1.165) is 42.5 Å². The summed E-state index contributed by atoms with van der Waals surface area (Å²) in [6, 6.07) is 6.20. The van der Waals surface area contributed by atoms with Crippen LogP contribution in [0.1, 0.15) is 44.7 Å². The Hall–Kier alpha value is -1.95. The molecule has 0 fully saturated rings. The largest absolute Gasteiger partial charge is 0.493 e. The summed E-state index contributed by atoms with van der Waals surface area (Å²) in [7, 11) is 7.45. The van der Waals surface area contributed by atoms with E-state index in [4.69, 9.17) is 14.5 Å². The predicted octanol–water partition coefficient (Wildman–Crippen LogP) is 3.05. The average molecular weight is 365 g/mol. The summed E-state index contributed by atoms with van der Waals surface area (Å²) in [6.07, 6.45) is 3.61. The minimum Gasteiger partial charge on any atom is -0.493 e. The van der Waals surface area contributed by atoms with E-state index >= 15 is 0 Å². The number of guanidine groups is 1. The van der Waals surface area contributed by atoms with Crippen molar-refractivity contribution in [2.24, 2.45) is 4.99 Å². The number of methoxy groups -OCH3 is 2. The van der Waals surface area contributed by atoms with Crippen molar-refractivity contribution >= 4 is 5.96 Å². The molecule has 0 aromatic heterocycles. The second-order valence-corrected chi connectivity index (χ2v) is 6.45. The first-order valence-corrected chi connectivity index (χ1v) is 9.47. The van der Waals surface area contributed by atoms with Gasteiger partial charge < -0.3 is 25.0 Å². The van der Waals surface area contributed by atoms with E-state index < -0.39 is 0 Å². The van der Waals surface area contributed by atoms with Gasteiger partial charge in [0, 0.05) is 13.1 Å². The fourth-order valence-electron chi connectivity index (χ4n) is 2.73. The monoisotopic (exact) mass is 364 g/mol. The third-order valence-electron chi connectivity index (χ3n) is 4.26. The highest BCUT2D eigenvalue weighted by Crippen LogP contribution is 2.31. The van der Waals surface area contributed by atoms with Gasteiger partial charge in [-0.15, -0.1) is 0 Å². The highest BCUT2D eigenvalue weighted by Gasteiger charge is 2.16. The number of nitrogens with one attached hydrogen (secondary N) is 2. The van der Waals surface area contributed by atoms with Crippen LogP contribution in [0.15, 0.2) is 23.2 Å². The molecule has 0 saturated heterocycles. The minimum atomic E-state index is 0.154. The summed E-state index contributed by atoms with van der Waals surface area (Å²) in [5, 5.41) is 6.74. The van der Waals surface area contributed by atoms with Gasteiger partial charge in [0.25, 0.3) is 0 Å². The molecule has 1 unspecified atom stereocenters. The van der Waals surface area contributed by atoms with Gasteiger partial charge >= 0.3 is 0 Å². The molecule has 6 nitrogen and oxygen atoms in total. The van der Waals surface area contributed by atoms with E-state index in [1.165, 1.54) is 12.8 Å². The van der Waals surface area contributed by atoms with Crippen LogP contribution in [0, 0.1) is 0 Å². The fraction of sp³-hybridized carbons (Fsp3) is 0.650. The summed E-state index contributed by atoms with van der Waals surface area (Å²) in [6.45, 7) is 6.75. The minimum absolute atomic E-state index is 0.154. The Balaban J connectivity index is 2.88. The molecule has 0 amide bonds. The Morgan fingerprint density at radius 3 is 2.38 bits per heavy atom. The number of hydrogen-bond acceptors (Lipinski definition) is 4. The Bertz CT molecular complexity index is 547. The number of ether oxygens (including phenoxy) is 2. The van der Waals surface area contributed by atoms with Crippen molar-refractivity contribution in [1.82, 2.24) is 15.5 Å². The number of benzene rings is 1. The van der Waals surface area contributed by atoms with Crippen LogP contribution in [0.25, 0.3) is 0 Å². The van der Waals surface area contributed by atoms with Gasteiger partial charge in [0.1, 0.15) is 0 Å². The summed E-state index contributed by atoms with van der Waals surface area (Å²) >= 11 is 0. The molecule has 1 rings (SSSR count). The molecule has 0 spiro atoms. The Morgan fingerprint density at radius 2 is 1.81 bits per heavy atom. The molecule has 0 aliphatic carbocycles. The molecule has 0 aliphatic rings. The average Bonchev–Trinajstić information content (AvgIpc) is 2.64. The molecule has 0 bridgehead atoms. The first-order valence-electron chi connectivity index (χ1n) is 9.47. The van der Waals surface area contributed by atoms with Crippen molar-refractivity contribution in [3.63, 3.8) is 0 Å². The van der Waals surface area contributed by atoms with Gasteiger partial charge in [0.2, 0.25) is 0 Å². The molecule has 0 aliphatic heterocycles. The van der Waals surface area contributed by atoms with Crippen molar-refractivity contribution in [2.45, 2.75) is 39.2 Å². The highest BCUT2D eigenvalue weighted by atomic mass is 16.5. The Kier molecular flexibility index (Phi) is 10.5. The van der Waals surface area contributed by atoms with E-state index in [1.807, 2.05) is 12.1 Å². The quantitative estimate of drug-likeness (QED) is 0.359. The molecule has 1 aromatic carbocycles. The molecule has 0 radical (unpaired) electrons. The predicted molar refractivity (Wildman–Crippen MR) is 109 cm³/mol. The number of likely N-dealkylation sites (N-methyl/N-ethyl adjacent to an activating group) is 1. The summed E-state index contributed by atoms with van der Waals surface area (Å²) in [4.78, 5) is 6.96. The SMILES string of the molecule is CCCCCNC(=NCC(c1ccc(OC)c(OC)c1)N(C)C)NCC. The van der Waals surface area contributed by atoms with Crippen molar-refractivity contribution in [1.29, 1.82) is 0 Å². The third kappa shape index (κ3) is 7.12. The van der Waals surface area contributed by atoms with Gasteiger partial charge in [-0.3, -0.25) is 4.99 Å². The van der Waals surface area contributed by atoms with Crippen LogP contribution in [0.2, 0.25) is 0 Å². The molecule has 1 atom stereocenters. The van der Waals surface area contributed by atoms with E-state index in [-0.39, 0.29) is 6.04 Å². The second-order valence-electron chi connectivity index (χ2n) is 6.45. The molecule has 6 heteroatoms. The van der Waals surface area contributed by atoms with Gasteiger partial charge in [-0.2, -0.15) is 0 Å². The van der Waals surface area contributed by atoms with Crippen LogP contribution in [-0.4, -0.2) is 58.8 Å². The zero-order valence-electron chi connectivity index (χ0n) is 17.3. The zero-order chi connectivity index (χ0) is 19.4.